The first-order valence-corrected chi connectivity index (χ1v) is 10.2. The molecule has 0 saturated heterocycles. The third-order valence-corrected chi connectivity index (χ3v) is 10.7. The number of halogens is 2. The Balaban J connectivity index is 0.00000144. The molecule has 0 saturated carbocycles. The smallest absolute Gasteiger partial charge is 1.00 e. The van der Waals surface area contributed by atoms with E-state index in [-0.39, 0.29) is 24.8 Å². The van der Waals surface area contributed by atoms with Gasteiger partial charge in [0.15, 0.2) is 0 Å². The van der Waals surface area contributed by atoms with E-state index in [4.69, 9.17) is 0 Å². The summed E-state index contributed by atoms with van der Waals surface area (Å²) in [5.74, 6) is 0.646. The molecule has 0 nitrogen and oxygen atoms in total. The summed E-state index contributed by atoms with van der Waals surface area (Å²) in [6.45, 7) is 9.11. The van der Waals surface area contributed by atoms with E-state index >= 15 is 0 Å². The van der Waals surface area contributed by atoms with Gasteiger partial charge < -0.3 is 24.8 Å². The maximum atomic E-state index is 4.60. The summed E-state index contributed by atoms with van der Waals surface area (Å²) < 4.78 is 8.02. The topological polar surface area (TPSA) is 0 Å². The Morgan fingerprint density at radius 2 is 1.83 bits per heavy atom. The SMILES string of the molecule is [CH2]=[Zr+2]([C]1=C(C)C=CC1)[C]1=C(C)C(C)=CC1C.[Cl-].[Cl-]. The Bertz CT molecular complexity index is 479. The van der Waals surface area contributed by atoms with Gasteiger partial charge in [0.05, 0.1) is 0 Å². The molecule has 1 atom stereocenters. The minimum atomic E-state index is -1.74. The molecule has 0 radical (unpaired) electrons. The van der Waals surface area contributed by atoms with Gasteiger partial charge in [-0.2, -0.15) is 0 Å². The predicted octanol–water partition coefficient (Wildman–Crippen LogP) is -1.85. The summed E-state index contributed by atoms with van der Waals surface area (Å²) in [6, 6.07) is 0. The molecule has 2 aliphatic carbocycles. The summed E-state index contributed by atoms with van der Waals surface area (Å²) in [5.41, 5.74) is 4.53. The fourth-order valence-electron chi connectivity index (χ4n) is 2.78. The molecule has 2 aliphatic rings. The zero-order valence-electron chi connectivity index (χ0n) is 11.5. The molecule has 0 heterocycles. The van der Waals surface area contributed by atoms with E-state index in [0.29, 0.717) is 5.92 Å². The molecule has 3 heteroatoms. The van der Waals surface area contributed by atoms with Crippen molar-refractivity contribution in [2.45, 2.75) is 34.1 Å². The summed E-state index contributed by atoms with van der Waals surface area (Å²) in [6.07, 6.45) is 8.16. The maximum absolute atomic E-state index is 4.60. The van der Waals surface area contributed by atoms with Crippen LogP contribution in [-0.4, -0.2) is 4.21 Å². The van der Waals surface area contributed by atoms with Crippen LogP contribution in [0.1, 0.15) is 34.1 Å². The van der Waals surface area contributed by atoms with Crippen molar-refractivity contribution in [3.05, 3.63) is 41.5 Å². The van der Waals surface area contributed by atoms with Crippen LogP contribution in [-0.2, 0) is 21.3 Å². The Labute approximate surface area is 131 Å². The average molecular weight is 362 g/mol. The van der Waals surface area contributed by atoms with E-state index in [0.717, 1.165) is 0 Å². The Morgan fingerprint density at radius 3 is 2.22 bits per heavy atom. The van der Waals surface area contributed by atoms with Gasteiger partial charge in [-0.25, -0.2) is 0 Å². The first kappa shape index (κ1) is 18.3. The van der Waals surface area contributed by atoms with Crippen molar-refractivity contribution in [3.63, 3.8) is 0 Å². The number of rotatable bonds is 2. The number of hydrogen-bond acceptors (Lipinski definition) is 0. The first-order valence-electron chi connectivity index (χ1n) is 5.98. The molecule has 0 aromatic rings. The summed E-state index contributed by atoms with van der Waals surface area (Å²) in [4.78, 5) is 0. The molecule has 0 amide bonds. The number of hydrogen-bond donors (Lipinski definition) is 0. The van der Waals surface area contributed by atoms with Gasteiger partial charge in [0.1, 0.15) is 0 Å². The Morgan fingerprint density at radius 1 is 1.22 bits per heavy atom. The van der Waals surface area contributed by atoms with Gasteiger partial charge in [0.2, 0.25) is 0 Å². The zero-order chi connectivity index (χ0) is 11.9. The van der Waals surface area contributed by atoms with Gasteiger partial charge in [-0.15, -0.1) is 0 Å². The summed E-state index contributed by atoms with van der Waals surface area (Å²) in [5, 5.41) is 0. The molecule has 2 rings (SSSR count). The Kier molecular flexibility index (Phi) is 7.29. The van der Waals surface area contributed by atoms with E-state index in [1.807, 2.05) is 0 Å². The zero-order valence-corrected chi connectivity index (χ0v) is 15.4. The van der Waals surface area contributed by atoms with Crippen LogP contribution in [0.3, 0.4) is 0 Å². The molecule has 1 unspecified atom stereocenters. The molecule has 0 bridgehead atoms. The molecule has 98 valence electrons. The van der Waals surface area contributed by atoms with Gasteiger partial charge in [0.25, 0.3) is 0 Å². The monoisotopic (exact) mass is 360 g/mol. The standard InChI is InChI=1S/C8H11.C6H7.CH2.2ClH.Zr/c1-6-4-7(2)8(3)5-6;1-6-4-2-3-5-6;;;;/h4,6H,1-3H3;2,4H,3H2,1H3;1H2;2*1H;/q;;;;;+2/p-2. The van der Waals surface area contributed by atoms with Crippen LogP contribution in [0.15, 0.2) is 41.5 Å². The van der Waals surface area contributed by atoms with Crippen LogP contribution in [0.4, 0.5) is 0 Å². The van der Waals surface area contributed by atoms with Crippen molar-refractivity contribution in [3.8, 4) is 0 Å². The molecule has 0 aromatic heterocycles. The predicted molar refractivity (Wildman–Crippen MR) is 69.2 cm³/mol. The Hall–Kier alpha value is 0.293. The molecule has 0 spiro atoms. The minimum Gasteiger partial charge on any atom is -1.00 e. The fourth-order valence-corrected chi connectivity index (χ4v) is 9.00. The second kappa shape index (κ2) is 7.18. The van der Waals surface area contributed by atoms with Gasteiger partial charge in [-0.05, 0) is 0 Å². The van der Waals surface area contributed by atoms with Crippen molar-refractivity contribution >= 4 is 4.21 Å². The van der Waals surface area contributed by atoms with Crippen LogP contribution < -0.4 is 24.8 Å². The largest absolute Gasteiger partial charge is 1.00 e. The second-order valence-electron chi connectivity index (χ2n) is 4.92. The van der Waals surface area contributed by atoms with Gasteiger partial charge >= 0.3 is 107 Å². The third-order valence-electron chi connectivity index (χ3n) is 3.81. The molecule has 0 fully saturated rings. The molecular formula is C15H20Cl2Zr. The van der Waals surface area contributed by atoms with Crippen molar-refractivity contribution in [1.82, 2.24) is 0 Å². The van der Waals surface area contributed by atoms with E-state index in [9.17, 15) is 0 Å². The normalized spacial score (nSPS) is 21.3. The molecule has 0 aliphatic heterocycles. The summed E-state index contributed by atoms with van der Waals surface area (Å²) >= 11 is -1.74. The van der Waals surface area contributed by atoms with Crippen LogP contribution >= 0.6 is 0 Å². The molecule has 18 heavy (non-hydrogen) atoms. The van der Waals surface area contributed by atoms with Crippen LogP contribution in [0, 0.1) is 5.92 Å². The third kappa shape index (κ3) is 3.24. The number of allylic oxidation sites excluding steroid dienone is 8. The van der Waals surface area contributed by atoms with E-state index in [1.54, 1.807) is 12.1 Å². The van der Waals surface area contributed by atoms with Crippen molar-refractivity contribution < 1.29 is 46.1 Å². The molecular weight excluding hydrogens is 342 g/mol. The van der Waals surface area contributed by atoms with Crippen molar-refractivity contribution in [2.75, 3.05) is 0 Å². The van der Waals surface area contributed by atoms with E-state index < -0.39 is 21.3 Å². The van der Waals surface area contributed by atoms with Gasteiger partial charge in [0, 0.05) is 0 Å². The van der Waals surface area contributed by atoms with Gasteiger partial charge in [-0.3, -0.25) is 0 Å². The van der Waals surface area contributed by atoms with Crippen molar-refractivity contribution in [1.29, 1.82) is 0 Å². The van der Waals surface area contributed by atoms with Crippen LogP contribution in [0.5, 0.6) is 0 Å². The second-order valence-corrected chi connectivity index (χ2v) is 10.1. The van der Waals surface area contributed by atoms with Crippen molar-refractivity contribution in [2.24, 2.45) is 5.92 Å². The van der Waals surface area contributed by atoms with E-state index in [1.165, 1.54) is 17.6 Å². The summed E-state index contributed by atoms with van der Waals surface area (Å²) in [7, 11) is 0. The first-order chi connectivity index (χ1) is 7.52. The fraction of sp³-hybridized carbons (Fsp3) is 0.400. The van der Waals surface area contributed by atoms with Crippen LogP contribution in [0.25, 0.3) is 0 Å². The average Bonchev–Trinajstić information content (AvgIpc) is 2.73. The van der Waals surface area contributed by atoms with E-state index in [2.05, 4.69) is 50.1 Å². The van der Waals surface area contributed by atoms with Gasteiger partial charge in [-0.1, -0.05) is 0 Å². The minimum absolute atomic E-state index is 0. The van der Waals surface area contributed by atoms with Crippen LogP contribution in [0.2, 0.25) is 0 Å². The molecule has 0 aromatic carbocycles. The quantitative estimate of drug-likeness (QED) is 0.541. The molecule has 0 N–H and O–H groups in total. The maximum Gasteiger partial charge on any atom is -1.00 e.